The molecule has 0 aromatic rings. The number of hydrogen-bond acceptors (Lipinski definition) is 0. The van der Waals surface area contributed by atoms with Crippen molar-refractivity contribution in [1.29, 1.82) is 0 Å². The van der Waals surface area contributed by atoms with Crippen molar-refractivity contribution in [2.24, 2.45) is 17.8 Å². The van der Waals surface area contributed by atoms with E-state index < -0.39 is 0 Å². The first-order valence-corrected chi connectivity index (χ1v) is 3.52. The van der Waals surface area contributed by atoms with Crippen molar-refractivity contribution >= 4 is 0 Å². The molecule has 3 saturated carbocycles. The molecule has 0 heterocycles. The van der Waals surface area contributed by atoms with Crippen molar-refractivity contribution in [3.05, 3.63) is 12.7 Å². The van der Waals surface area contributed by atoms with Crippen molar-refractivity contribution in [3.63, 3.8) is 0 Å². The van der Waals surface area contributed by atoms with E-state index in [2.05, 4.69) is 12.7 Å². The van der Waals surface area contributed by atoms with E-state index >= 15 is 0 Å². The van der Waals surface area contributed by atoms with E-state index in [0.717, 1.165) is 17.8 Å². The standard InChI is InChI=1S/C8H12/c1-2-7-3-6-4-8(7)5-6/h2,6-8H,1,3-5H2. The van der Waals surface area contributed by atoms with Crippen molar-refractivity contribution in [2.45, 2.75) is 19.3 Å². The molecule has 0 saturated heterocycles. The summed E-state index contributed by atoms with van der Waals surface area (Å²) < 4.78 is 0. The Morgan fingerprint density at radius 3 is 2.25 bits per heavy atom. The largest absolute Gasteiger partial charge is 0.103 e. The van der Waals surface area contributed by atoms with Gasteiger partial charge in [-0.2, -0.15) is 0 Å². The number of hydrogen-bond donors (Lipinski definition) is 0. The molecule has 0 nitrogen and oxygen atoms in total. The molecule has 2 bridgehead atoms. The average molecular weight is 108 g/mol. The summed E-state index contributed by atoms with van der Waals surface area (Å²) in [6.45, 7) is 3.82. The second-order valence-corrected chi connectivity index (χ2v) is 3.23. The quantitative estimate of drug-likeness (QED) is 0.452. The monoisotopic (exact) mass is 108 g/mol. The molecule has 0 N–H and O–H groups in total. The van der Waals surface area contributed by atoms with Crippen molar-refractivity contribution in [2.75, 3.05) is 0 Å². The summed E-state index contributed by atoms with van der Waals surface area (Å²) in [7, 11) is 0. The van der Waals surface area contributed by atoms with Gasteiger partial charge in [-0.25, -0.2) is 0 Å². The fourth-order valence-corrected chi connectivity index (χ4v) is 2.20. The summed E-state index contributed by atoms with van der Waals surface area (Å²) in [5.74, 6) is 3.06. The third-order valence-corrected chi connectivity index (χ3v) is 2.79. The Hall–Kier alpha value is -0.260. The fourth-order valence-electron chi connectivity index (χ4n) is 2.20. The molecule has 0 aromatic heterocycles. The second kappa shape index (κ2) is 1.37. The number of rotatable bonds is 1. The molecular weight excluding hydrogens is 96.1 g/mol. The van der Waals surface area contributed by atoms with Crippen molar-refractivity contribution < 1.29 is 0 Å². The molecule has 3 fully saturated rings. The maximum absolute atomic E-state index is 3.82. The van der Waals surface area contributed by atoms with E-state index in [4.69, 9.17) is 0 Å². The Labute approximate surface area is 50.6 Å². The molecule has 3 rings (SSSR count). The third-order valence-electron chi connectivity index (χ3n) is 2.79. The van der Waals surface area contributed by atoms with Gasteiger partial charge < -0.3 is 0 Å². The maximum atomic E-state index is 3.82. The van der Waals surface area contributed by atoms with Gasteiger partial charge in [0.15, 0.2) is 0 Å². The van der Waals surface area contributed by atoms with Crippen LogP contribution in [-0.2, 0) is 0 Å². The highest BCUT2D eigenvalue weighted by molar-refractivity contribution is 5.00. The van der Waals surface area contributed by atoms with Gasteiger partial charge in [-0.1, -0.05) is 6.08 Å². The molecule has 1 atom stereocenters. The fraction of sp³-hybridized carbons (Fsp3) is 0.750. The summed E-state index contributed by atoms with van der Waals surface area (Å²) in [4.78, 5) is 0. The lowest BCUT2D eigenvalue weighted by atomic mass is 9.83. The van der Waals surface area contributed by atoms with Gasteiger partial charge in [0.05, 0.1) is 0 Å². The van der Waals surface area contributed by atoms with Crippen LogP contribution in [-0.4, -0.2) is 0 Å². The van der Waals surface area contributed by atoms with Gasteiger partial charge in [-0.05, 0) is 37.0 Å². The van der Waals surface area contributed by atoms with Crippen LogP contribution >= 0.6 is 0 Å². The lowest BCUT2D eigenvalue weighted by molar-refractivity contribution is 0.289. The van der Waals surface area contributed by atoms with E-state index in [9.17, 15) is 0 Å². The molecule has 0 spiro atoms. The number of fused-ring (bicyclic) bond motifs is 1. The first-order chi connectivity index (χ1) is 3.90. The van der Waals surface area contributed by atoms with Crippen LogP contribution in [0.2, 0.25) is 0 Å². The normalized spacial score (nSPS) is 50.8. The maximum Gasteiger partial charge on any atom is -0.0205 e. The smallest absolute Gasteiger partial charge is 0.0205 e. The molecular formula is C8H12. The first-order valence-electron chi connectivity index (χ1n) is 3.52. The topological polar surface area (TPSA) is 0 Å². The molecule has 0 aliphatic heterocycles. The van der Waals surface area contributed by atoms with E-state index in [-0.39, 0.29) is 0 Å². The minimum absolute atomic E-state index is 0.903. The summed E-state index contributed by atoms with van der Waals surface area (Å²) >= 11 is 0. The van der Waals surface area contributed by atoms with E-state index in [0.29, 0.717) is 0 Å². The van der Waals surface area contributed by atoms with Crippen LogP contribution in [0.5, 0.6) is 0 Å². The molecule has 1 unspecified atom stereocenters. The minimum Gasteiger partial charge on any atom is -0.103 e. The summed E-state index contributed by atoms with van der Waals surface area (Å²) in [5.41, 5.74) is 0. The second-order valence-electron chi connectivity index (χ2n) is 3.23. The molecule has 8 heavy (non-hydrogen) atoms. The summed E-state index contributed by atoms with van der Waals surface area (Å²) in [6, 6.07) is 0. The highest BCUT2D eigenvalue weighted by Crippen LogP contribution is 2.52. The van der Waals surface area contributed by atoms with Crippen molar-refractivity contribution in [3.8, 4) is 0 Å². The molecule has 0 radical (unpaired) electrons. The van der Waals surface area contributed by atoms with E-state index in [1.165, 1.54) is 19.3 Å². The van der Waals surface area contributed by atoms with Crippen molar-refractivity contribution in [1.82, 2.24) is 0 Å². The molecule has 3 aliphatic carbocycles. The highest BCUT2D eigenvalue weighted by atomic mass is 14.5. The van der Waals surface area contributed by atoms with Gasteiger partial charge in [0, 0.05) is 0 Å². The Bertz CT molecular complexity index is 109. The number of allylic oxidation sites excluding steroid dienone is 1. The predicted molar refractivity (Wildman–Crippen MR) is 34.5 cm³/mol. The SMILES string of the molecule is C=CC1CC2CC1C2. The van der Waals surface area contributed by atoms with Crippen LogP contribution in [0.1, 0.15) is 19.3 Å². The van der Waals surface area contributed by atoms with Gasteiger partial charge in [-0.15, -0.1) is 6.58 Å². The lowest BCUT2D eigenvalue weighted by Crippen LogP contribution is -2.12. The lowest BCUT2D eigenvalue weighted by Gasteiger charge is -2.23. The highest BCUT2D eigenvalue weighted by Gasteiger charge is 2.42. The van der Waals surface area contributed by atoms with Gasteiger partial charge in [0.25, 0.3) is 0 Å². The summed E-state index contributed by atoms with van der Waals surface area (Å²) in [6.07, 6.45) is 6.62. The third kappa shape index (κ3) is 0.410. The minimum atomic E-state index is 0.903. The zero-order valence-corrected chi connectivity index (χ0v) is 5.14. The van der Waals surface area contributed by atoms with Crippen LogP contribution in [0.3, 0.4) is 0 Å². The Balaban J connectivity index is 2.09. The Kier molecular flexibility index (Phi) is 0.787. The Morgan fingerprint density at radius 2 is 2.00 bits per heavy atom. The van der Waals surface area contributed by atoms with Gasteiger partial charge in [-0.3, -0.25) is 0 Å². The molecule has 3 aliphatic rings. The van der Waals surface area contributed by atoms with Crippen LogP contribution in [0.25, 0.3) is 0 Å². The van der Waals surface area contributed by atoms with Crippen LogP contribution in [0.4, 0.5) is 0 Å². The predicted octanol–water partition coefficient (Wildman–Crippen LogP) is 2.22. The molecule has 0 heteroatoms. The van der Waals surface area contributed by atoms with Gasteiger partial charge in [0.2, 0.25) is 0 Å². The van der Waals surface area contributed by atoms with Gasteiger partial charge in [0.1, 0.15) is 0 Å². The van der Waals surface area contributed by atoms with Crippen LogP contribution in [0.15, 0.2) is 12.7 Å². The zero-order valence-electron chi connectivity index (χ0n) is 5.14. The Morgan fingerprint density at radius 1 is 1.25 bits per heavy atom. The van der Waals surface area contributed by atoms with Crippen LogP contribution < -0.4 is 0 Å². The average Bonchev–Trinajstić information content (AvgIpc) is 2.15. The molecule has 0 amide bonds. The summed E-state index contributed by atoms with van der Waals surface area (Å²) in [5, 5.41) is 0. The molecule has 44 valence electrons. The van der Waals surface area contributed by atoms with Gasteiger partial charge >= 0.3 is 0 Å². The zero-order chi connectivity index (χ0) is 5.56. The first kappa shape index (κ1) is 4.60. The molecule has 0 aromatic carbocycles. The van der Waals surface area contributed by atoms with E-state index in [1.54, 1.807) is 0 Å². The van der Waals surface area contributed by atoms with Crippen LogP contribution in [0, 0.1) is 17.8 Å². The van der Waals surface area contributed by atoms with E-state index in [1.807, 2.05) is 0 Å².